The first kappa shape index (κ1) is 15.4. The fourth-order valence-corrected chi connectivity index (χ4v) is 2.67. The Balaban J connectivity index is 1.66. The zero-order valence-corrected chi connectivity index (χ0v) is 11.9. The molecule has 1 unspecified atom stereocenters. The molecule has 0 spiro atoms. The highest BCUT2D eigenvalue weighted by Crippen LogP contribution is 2.19. The van der Waals surface area contributed by atoms with Crippen LogP contribution in [0.4, 0.5) is 0 Å². The average molecular weight is 279 g/mol. The highest BCUT2D eigenvalue weighted by molar-refractivity contribution is 5.17. The van der Waals surface area contributed by atoms with E-state index in [1.807, 2.05) is 30.3 Å². The van der Waals surface area contributed by atoms with E-state index in [2.05, 4.69) is 4.90 Å². The Hall–Kier alpha value is -0.940. The Bertz CT molecular complexity index is 363. The molecule has 1 aliphatic heterocycles. The molecule has 0 amide bonds. The summed E-state index contributed by atoms with van der Waals surface area (Å²) >= 11 is 0. The minimum absolute atomic E-state index is 0.101. The van der Waals surface area contributed by atoms with Crippen molar-refractivity contribution in [2.24, 2.45) is 0 Å². The van der Waals surface area contributed by atoms with Crippen LogP contribution in [0.2, 0.25) is 0 Å². The van der Waals surface area contributed by atoms with E-state index in [0.717, 1.165) is 44.5 Å². The van der Waals surface area contributed by atoms with Gasteiger partial charge in [-0.05, 0) is 24.8 Å². The maximum atomic E-state index is 10.1. The van der Waals surface area contributed by atoms with Crippen molar-refractivity contribution in [3.63, 3.8) is 0 Å². The Morgan fingerprint density at radius 3 is 2.55 bits per heavy atom. The topological polar surface area (TPSA) is 52.9 Å². The number of ether oxygens (including phenoxy) is 1. The van der Waals surface area contributed by atoms with E-state index in [9.17, 15) is 5.11 Å². The molecule has 1 aliphatic rings. The van der Waals surface area contributed by atoms with Gasteiger partial charge >= 0.3 is 0 Å². The number of rotatable bonds is 7. The lowest BCUT2D eigenvalue weighted by Crippen LogP contribution is -2.38. The molecule has 1 fully saturated rings. The van der Waals surface area contributed by atoms with Crippen LogP contribution in [0, 0.1) is 0 Å². The van der Waals surface area contributed by atoms with Crippen LogP contribution in [0.3, 0.4) is 0 Å². The number of piperidine rings is 1. The summed E-state index contributed by atoms with van der Waals surface area (Å²) in [6, 6.07) is 9.83. The van der Waals surface area contributed by atoms with E-state index < -0.39 is 0 Å². The third-order valence-electron chi connectivity index (χ3n) is 3.88. The summed E-state index contributed by atoms with van der Waals surface area (Å²) in [5, 5.41) is 18.9. The molecule has 2 N–H and O–H groups in total. The van der Waals surface area contributed by atoms with Crippen LogP contribution in [0.25, 0.3) is 0 Å². The van der Waals surface area contributed by atoms with E-state index in [4.69, 9.17) is 9.84 Å². The number of nitrogens with zero attached hydrogens (tertiary/aromatic N) is 1. The molecule has 1 aromatic rings. The van der Waals surface area contributed by atoms with Gasteiger partial charge in [-0.3, -0.25) is 0 Å². The zero-order valence-electron chi connectivity index (χ0n) is 11.9. The molecule has 1 heterocycles. The second-order valence-corrected chi connectivity index (χ2v) is 5.35. The van der Waals surface area contributed by atoms with Crippen molar-refractivity contribution in [3.05, 3.63) is 35.9 Å². The van der Waals surface area contributed by atoms with Gasteiger partial charge in [0.2, 0.25) is 0 Å². The summed E-state index contributed by atoms with van der Waals surface area (Å²) in [7, 11) is 0. The average Bonchev–Trinajstić information content (AvgIpc) is 2.52. The fraction of sp³-hybridized carbons (Fsp3) is 0.625. The SMILES string of the molecule is OCCOC1CCN(CCC(O)c2ccccc2)CC1. The van der Waals surface area contributed by atoms with Gasteiger partial charge in [-0.2, -0.15) is 0 Å². The van der Waals surface area contributed by atoms with Gasteiger partial charge in [0.15, 0.2) is 0 Å². The molecule has 20 heavy (non-hydrogen) atoms. The van der Waals surface area contributed by atoms with Crippen LogP contribution in [0.1, 0.15) is 30.9 Å². The van der Waals surface area contributed by atoms with Crippen molar-refractivity contribution in [1.29, 1.82) is 0 Å². The smallest absolute Gasteiger partial charge is 0.0802 e. The molecule has 4 heteroatoms. The molecule has 0 radical (unpaired) electrons. The first-order valence-corrected chi connectivity index (χ1v) is 7.47. The maximum Gasteiger partial charge on any atom is 0.0802 e. The second kappa shape index (κ2) is 8.37. The van der Waals surface area contributed by atoms with Gasteiger partial charge in [-0.15, -0.1) is 0 Å². The third kappa shape index (κ3) is 4.87. The number of hydrogen-bond acceptors (Lipinski definition) is 4. The Labute approximate surface area is 121 Å². The van der Waals surface area contributed by atoms with E-state index in [1.54, 1.807) is 0 Å². The molecule has 1 atom stereocenters. The third-order valence-corrected chi connectivity index (χ3v) is 3.88. The van der Waals surface area contributed by atoms with E-state index >= 15 is 0 Å². The van der Waals surface area contributed by atoms with E-state index in [-0.39, 0.29) is 18.8 Å². The number of hydrogen-bond donors (Lipinski definition) is 2. The van der Waals surface area contributed by atoms with Crippen molar-refractivity contribution >= 4 is 0 Å². The van der Waals surface area contributed by atoms with Crippen molar-refractivity contribution in [3.8, 4) is 0 Å². The quantitative estimate of drug-likeness (QED) is 0.796. The summed E-state index contributed by atoms with van der Waals surface area (Å²) in [6.07, 6.45) is 2.71. The van der Waals surface area contributed by atoms with E-state index in [1.165, 1.54) is 0 Å². The molecule has 1 saturated heterocycles. The zero-order chi connectivity index (χ0) is 14.2. The normalized spacial score (nSPS) is 19.1. The molecule has 1 aromatic carbocycles. The summed E-state index contributed by atoms with van der Waals surface area (Å²) in [5.74, 6) is 0. The van der Waals surface area contributed by atoms with Crippen LogP contribution in [0.5, 0.6) is 0 Å². The predicted molar refractivity (Wildman–Crippen MR) is 78.5 cm³/mol. The predicted octanol–water partition coefficient (Wildman–Crippen LogP) is 1.58. The molecule has 4 nitrogen and oxygen atoms in total. The van der Waals surface area contributed by atoms with Crippen LogP contribution >= 0.6 is 0 Å². The van der Waals surface area contributed by atoms with Gasteiger partial charge in [0, 0.05) is 19.6 Å². The van der Waals surface area contributed by atoms with Crippen molar-refractivity contribution in [1.82, 2.24) is 4.90 Å². The first-order chi connectivity index (χ1) is 9.79. The minimum atomic E-state index is -0.375. The maximum absolute atomic E-state index is 10.1. The largest absolute Gasteiger partial charge is 0.394 e. The van der Waals surface area contributed by atoms with Crippen LogP contribution in [0.15, 0.2) is 30.3 Å². The van der Waals surface area contributed by atoms with Gasteiger partial charge in [0.25, 0.3) is 0 Å². The van der Waals surface area contributed by atoms with Gasteiger partial charge in [-0.25, -0.2) is 0 Å². The Kier molecular flexibility index (Phi) is 6.47. The second-order valence-electron chi connectivity index (χ2n) is 5.35. The van der Waals surface area contributed by atoms with Crippen molar-refractivity contribution < 1.29 is 14.9 Å². The molecule has 0 bridgehead atoms. The highest BCUT2D eigenvalue weighted by Gasteiger charge is 2.20. The van der Waals surface area contributed by atoms with Crippen LogP contribution < -0.4 is 0 Å². The standard InChI is InChI=1S/C16H25NO3/c18-12-13-20-15-6-9-17(10-7-15)11-8-16(19)14-4-2-1-3-5-14/h1-5,15-16,18-19H,6-13H2. The lowest BCUT2D eigenvalue weighted by molar-refractivity contribution is -0.00958. The molecular formula is C16H25NO3. The lowest BCUT2D eigenvalue weighted by Gasteiger charge is -2.32. The van der Waals surface area contributed by atoms with Crippen LogP contribution in [-0.4, -0.2) is 54.1 Å². The molecule has 112 valence electrons. The molecular weight excluding hydrogens is 254 g/mol. The number of aliphatic hydroxyl groups excluding tert-OH is 2. The monoisotopic (exact) mass is 279 g/mol. The molecule has 0 aliphatic carbocycles. The van der Waals surface area contributed by atoms with Crippen LogP contribution in [-0.2, 0) is 4.74 Å². The van der Waals surface area contributed by atoms with Gasteiger partial charge in [0.05, 0.1) is 25.4 Å². The van der Waals surface area contributed by atoms with E-state index in [0.29, 0.717) is 6.61 Å². The van der Waals surface area contributed by atoms with Gasteiger partial charge in [0.1, 0.15) is 0 Å². The summed E-state index contributed by atoms with van der Waals surface area (Å²) in [6.45, 7) is 3.48. The number of benzene rings is 1. The summed E-state index contributed by atoms with van der Waals surface area (Å²) in [5.41, 5.74) is 0.994. The number of aliphatic hydroxyl groups is 2. The molecule has 2 rings (SSSR count). The Morgan fingerprint density at radius 2 is 1.90 bits per heavy atom. The van der Waals surface area contributed by atoms with Crippen molar-refractivity contribution in [2.45, 2.75) is 31.5 Å². The van der Waals surface area contributed by atoms with Gasteiger partial charge < -0.3 is 19.8 Å². The summed E-state index contributed by atoms with van der Waals surface area (Å²) < 4.78 is 5.55. The Morgan fingerprint density at radius 1 is 1.20 bits per heavy atom. The first-order valence-electron chi connectivity index (χ1n) is 7.47. The van der Waals surface area contributed by atoms with Gasteiger partial charge in [-0.1, -0.05) is 30.3 Å². The fourth-order valence-electron chi connectivity index (χ4n) is 2.67. The minimum Gasteiger partial charge on any atom is -0.394 e. The molecule has 0 saturated carbocycles. The molecule has 0 aromatic heterocycles. The highest BCUT2D eigenvalue weighted by atomic mass is 16.5. The lowest BCUT2D eigenvalue weighted by atomic mass is 10.0. The summed E-state index contributed by atoms with van der Waals surface area (Å²) in [4.78, 5) is 2.38. The number of likely N-dealkylation sites (tertiary alicyclic amines) is 1. The van der Waals surface area contributed by atoms with Crippen molar-refractivity contribution in [2.75, 3.05) is 32.8 Å².